The summed E-state index contributed by atoms with van der Waals surface area (Å²) < 4.78 is 4.15. The van der Waals surface area contributed by atoms with E-state index in [2.05, 4.69) is 4.74 Å². The van der Waals surface area contributed by atoms with E-state index in [1.165, 1.54) is 0 Å². The summed E-state index contributed by atoms with van der Waals surface area (Å²) in [5.41, 5.74) is 0. The summed E-state index contributed by atoms with van der Waals surface area (Å²) in [4.78, 5) is 30.5. The molecule has 2 amide bonds. The quantitative estimate of drug-likeness (QED) is 0.573. The lowest BCUT2D eigenvalue weighted by molar-refractivity contribution is -0.110. The van der Waals surface area contributed by atoms with E-state index in [-0.39, 0.29) is 0 Å². The van der Waals surface area contributed by atoms with Crippen molar-refractivity contribution in [2.75, 3.05) is 13.7 Å². The van der Waals surface area contributed by atoms with Gasteiger partial charge in [-0.2, -0.15) is 0 Å². The van der Waals surface area contributed by atoms with Crippen LogP contribution in [-0.2, 0) is 9.53 Å². The van der Waals surface area contributed by atoms with Crippen LogP contribution in [0.15, 0.2) is 0 Å². The molecular weight excluding hydrogens is 154 g/mol. The van der Waals surface area contributed by atoms with E-state index >= 15 is 0 Å². The fraction of sp³-hybridized carbons (Fsp3) is 0.400. The van der Waals surface area contributed by atoms with Gasteiger partial charge in [0.05, 0.1) is 0 Å². The molecule has 0 rings (SSSR count). The summed E-state index contributed by atoms with van der Waals surface area (Å²) in [6, 6.07) is 0. The zero-order valence-corrected chi connectivity index (χ0v) is 5.81. The fourth-order valence-corrected chi connectivity index (χ4v) is 0.280. The SMILES string of the molecule is CN(C(=O)O)C(=O)OCC=O. The van der Waals surface area contributed by atoms with Crippen LogP contribution in [0, 0.1) is 0 Å². The van der Waals surface area contributed by atoms with Crippen molar-refractivity contribution in [2.24, 2.45) is 0 Å². The van der Waals surface area contributed by atoms with E-state index in [1.54, 1.807) is 0 Å². The summed E-state index contributed by atoms with van der Waals surface area (Å²) >= 11 is 0. The van der Waals surface area contributed by atoms with Crippen LogP contribution in [0.2, 0.25) is 0 Å². The van der Waals surface area contributed by atoms with Gasteiger partial charge in [-0.1, -0.05) is 0 Å². The number of amides is 2. The molecule has 0 unspecified atom stereocenters. The summed E-state index contributed by atoms with van der Waals surface area (Å²) in [6.45, 7) is -0.434. The van der Waals surface area contributed by atoms with Gasteiger partial charge in [-0.25, -0.2) is 14.5 Å². The Balaban J connectivity index is 3.82. The Bertz CT molecular complexity index is 178. The maximum Gasteiger partial charge on any atom is 0.419 e. The Morgan fingerprint density at radius 2 is 2.18 bits per heavy atom. The number of imide groups is 1. The average molecular weight is 161 g/mol. The monoisotopic (exact) mass is 161 g/mol. The highest BCUT2D eigenvalue weighted by Crippen LogP contribution is 1.88. The van der Waals surface area contributed by atoms with Gasteiger partial charge in [0.25, 0.3) is 0 Å². The molecule has 0 heterocycles. The molecule has 11 heavy (non-hydrogen) atoms. The van der Waals surface area contributed by atoms with Crippen molar-refractivity contribution in [3.63, 3.8) is 0 Å². The number of carbonyl (C=O) groups is 3. The molecule has 0 bridgehead atoms. The van der Waals surface area contributed by atoms with Gasteiger partial charge in [-0.15, -0.1) is 0 Å². The largest absolute Gasteiger partial charge is 0.465 e. The molecule has 62 valence electrons. The van der Waals surface area contributed by atoms with Gasteiger partial charge in [0.15, 0.2) is 6.29 Å². The van der Waals surface area contributed by atoms with Gasteiger partial charge >= 0.3 is 12.2 Å². The number of rotatable bonds is 2. The van der Waals surface area contributed by atoms with Crippen LogP contribution in [0.5, 0.6) is 0 Å². The van der Waals surface area contributed by atoms with E-state index in [4.69, 9.17) is 5.11 Å². The van der Waals surface area contributed by atoms with E-state index in [0.29, 0.717) is 11.2 Å². The third-order valence-electron chi connectivity index (χ3n) is 0.836. The van der Waals surface area contributed by atoms with Crippen molar-refractivity contribution in [3.05, 3.63) is 0 Å². The number of carbonyl (C=O) groups excluding carboxylic acids is 2. The number of nitrogens with zero attached hydrogens (tertiary/aromatic N) is 1. The predicted octanol–water partition coefficient (Wildman–Crippen LogP) is -0.0683. The average Bonchev–Trinajstić information content (AvgIpc) is 1.98. The lowest BCUT2D eigenvalue weighted by Crippen LogP contribution is -2.32. The zero-order chi connectivity index (χ0) is 8.85. The first-order valence-electron chi connectivity index (χ1n) is 2.66. The molecule has 0 saturated carbocycles. The third kappa shape index (κ3) is 3.19. The number of hydrogen-bond donors (Lipinski definition) is 1. The zero-order valence-electron chi connectivity index (χ0n) is 5.81. The van der Waals surface area contributed by atoms with Crippen LogP contribution in [-0.4, -0.2) is 42.1 Å². The summed E-state index contributed by atoms with van der Waals surface area (Å²) in [5.74, 6) is 0. The van der Waals surface area contributed by atoms with Crippen LogP contribution in [0.25, 0.3) is 0 Å². The first-order chi connectivity index (χ1) is 5.09. The standard InChI is InChI=1S/C5H7NO5/c1-6(4(8)9)5(10)11-3-2-7/h2H,3H2,1H3,(H,8,9). The Hall–Kier alpha value is -1.59. The second-order valence-electron chi connectivity index (χ2n) is 1.59. The highest BCUT2D eigenvalue weighted by atomic mass is 16.6. The molecule has 0 aromatic rings. The van der Waals surface area contributed by atoms with Gasteiger partial charge in [0.1, 0.15) is 6.61 Å². The predicted molar refractivity (Wildman–Crippen MR) is 33.2 cm³/mol. The topological polar surface area (TPSA) is 83.9 Å². The molecule has 6 nitrogen and oxygen atoms in total. The molecule has 1 N–H and O–H groups in total. The molecule has 0 spiro atoms. The van der Waals surface area contributed by atoms with Crippen LogP contribution in [0.3, 0.4) is 0 Å². The lowest BCUT2D eigenvalue weighted by Gasteiger charge is -2.08. The van der Waals surface area contributed by atoms with Crippen LogP contribution < -0.4 is 0 Å². The molecule has 0 fully saturated rings. The Morgan fingerprint density at radius 1 is 1.64 bits per heavy atom. The van der Waals surface area contributed by atoms with Crippen molar-refractivity contribution in [1.29, 1.82) is 0 Å². The highest BCUT2D eigenvalue weighted by molar-refractivity contribution is 5.86. The molecule has 0 saturated heterocycles. The van der Waals surface area contributed by atoms with Gasteiger partial charge in [-0.05, 0) is 0 Å². The minimum absolute atomic E-state index is 0.337. The van der Waals surface area contributed by atoms with E-state index in [9.17, 15) is 14.4 Å². The fourth-order valence-electron chi connectivity index (χ4n) is 0.280. The molecule has 0 aromatic heterocycles. The number of hydrogen-bond acceptors (Lipinski definition) is 4. The maximum absolute atomic E-state index is 10.5. The summed E-state index contributed by atoms with van der Waals surface area (Å²) in [6.07, 6.45) is -2.14. The molecule has 0 atom stereocenters. The van der Waals surface area contributed by atoms with E-state index in [1.807, 2.05) is 0 Å². The van der Waals surface area contributed by atoms with Crippen LogP contribution in [0.4, 0.5) is 9.59 Å². The van der Waals surface area contributed by atoms with Gasteiger partial charge in [-0.3, -0.25) is 4.79 Å². The molecule has 0 radical (unpaired) electrons. The first kappa shape index (κ1) is 9.41. The molecule has 0 aliphatic heterocycles. The van der Waals surface area contributed by atoms with Crippen molar-refractivity contribution in [2.45, 2.75) is 0 Å². The highest BCUT2D eigenvalue weighted by Gasteiger charge is 2.15. The Kier molecular flexibility index (Phi) is 3.65. The second-order valence-corrected chi connectivity index (χ2v) is 1.59. The summed E-state index contributed by atoms with van der Waals surface area (Å²) in [7, 11) is 1.02. The maximum atomic E-state index is 10.5. The van der Waals surface area contributed by atoms with Gasteiger partial charge < -0.3 is 9.84 Å². The Morgan fingerprint density at radius 3 is 2.55 bits per heavy atom. The molecular formula is C5H7NO5. The number of ether oxygens (including phenoxy) is 1. The number of aldehydes is 1. The van der Waals surface area contributed by atoms with Crippen molar-refractivity contribution in [1.82, 2.24) is 4.90 Å². The number of carboxylic acid groups (broad SMARTS) is 1. The molecule has 0 aromatic carbocycles. The van der Waals surface area contributed by atoms with Crippen LogP contribution in [0.1, 0.15) is 0 Å². The smallest absolute Gasteiger partial charge is 0.419 e. The third-order valence-corrected chi connectivity index (χ3v) is 0.836. The molecule has 0 aliphatic carbocycles. The van der Waals surface area contributed by atoms with Crippen molar-refractivity contribution < 1.29 is 24.2 Å². The van der Waals surface area contributed by atoms with E-state index in [0.717, 1.165) is 7.05 Å². The lowest BCUT2D eigenvalue weighted by atomic mass is 10.8. The van der Waals surface area contributed by atoms with Gasteiger partial charge in [0, 0.05) is 7.05 Å². The molecule has 6 heteroatoms. The first-order valence-corrected chi connectivity index (χ1v) is 2.66. The minimum atomic E-state index is -1.43. The van der Waals surface area contributed by atoms with Crippen molar-refractivity contribution >= 4 is 18.5 Å². The van der Waals surface area contributed by atoms with E-state index < -0.39 is 18.8 Å². The summed E-state index contributed by atoms with van der Waals surface area (Å²) in [5, 5.41) is 8.19. The van der Waals surface area contributed by atoms with Crippen LogP contribution >= 0.6 is 0 Å². The molecule has 0 aliphatic rings. The normalized spacial score (nSPS) is 8.45. The second kappa shape index (κ2) is 4.26. The van der Waals surface area contributed by atoms with Gasteiger partial charge in [0.2, 0.25) is 0 Å². The van der Waals surface area contributed by atoms with Crippen molar-refractivity contribution in [3.8, 4) is 0 Å². The Labute approximate surface area is 62.4 Å². The minimum Gasteiger partial charge on any atom is -0.465 e.